The highest BCUT2D eigenvalue weighted by Gasteiger charge is 2.32. The molecule has 1 aliphatic carbocycles. The van der Waals surface area contributed by atoms with E-state index in [2.05, 4.69) is 35.8 Å². The third kappa shape index (κ3) is 2.75. The van der Waals surface area contributed by atoms with Gasteiger partial charge in [0.2, 0.25) is 0 Å². The predicted molar refractivity (Wildman–Crippen MR) is 65.0 cm³/mol. The summed E-state index contributed by atoms with van der Waals surface area (Å²) in [4.78, 5) is 0. The monoisotopic (exact) mass is 267 g/mol. The van der Waals surface area contributed by atoms with E-state index in [9.17, 15) is 0 Å². The summed E-state index contributed by atoms with van der Waals surface area (Å²) < 4.78 is 6.98. The molecule has 1 aromatic rings. The van der Waals surface area contributed by atoms with E-state index in [0.29, 0.717) is 11.5 Å². The topological polar surface area (TPSA) is 9.23 Å². The van der Waals surface area contributed by atoms with Gasteiger partial charge in [0.1, 0.15) is 5.75 Å². The van der Waals surface area contributed by atoms with Gasteiger partial charge in [-0.3, -0.25) is 0 Å². The minimum absolute atomic E-state index is 0.368. The highest BCUT2D eigenvalue weighted by atomic mass is 79.9. The maximum absolute atomic E-state index is 5.96. The van der Waals surface area contributed by atoms with Crippen LogP contribution in [0.3, 0.4) is 0 Å². The molecule has 0 saturated heterocycles. The summed E-state index contributed by atoms with van der Waals surface area (Å²) in [6.07, 6.45) is 3.93. The summed E-state index contributed by atoms with van der Waals surface area (Å²) in [5, 5.41) is 0. The van der Waals surface area contributed by atoms with Crippen molar-refractivity contribution in [1.29, 1.82) is 0 Å². The molecule has 1 radical (unpaired) electrons. The third-order valence-corrected chi connectivity index (χ3v) is 3.65. The number of rotatable bonds is 2. The average Bonchev–Trinajstić information content (AvgIpc) is 2.50. The molecule has 1 unspecified atom stereocenters. The molecule has 0 heterocycles. The van der Waals surface area contributed by atoms with Crippen molar-refractivity contribution in [3.63, 3.8) is 0 Å². The second-order valence-electron chi connectivity index (χ2n) is 5.00. The van der Waals surface area contributed by atoms with Crippen LogP contribution in [0.15, 0.2) is 22.7 Å². The lowest BCUT2D eigenvalue weighted by atomic mass is 9.92. The third-order valence-electron chi connectivity index (χ3n) is 2.99. The van der Waals surface area contributed by atoms with Gasteiger partial charge in [0.05, 0.1) is 10.6 Å². The SMILES string of the molecule is CC1(C)CCC(Oc2c[c]ccc2Br)C1. The van der Waals surface area contributed by atoms with Gasteiger partial charge in [0, 0.05) is 0 Å². The molecular formula is C13H16BrO. The van der Waals surface area contributed by atoms with Gasteiger partial charge in [0.15, 0.2) is 0 Å². The molecule has 81 valence electrons. The van der Waals surface area contributed by atoms with Crippen LogP contribution in [-0.2, 0) is 0 Å². The Labute approximate surface area is 100.0 Å². The first-order valence-corrected chi connectivity index (χ1v) is 6.18. The van der Waals surface area contributed by atoms with Crippen LogP contribution in [0.4, 0.5) is 0 Å². The van der Waals surface area contributed by atoms with E-state index in [4.69, 9.17) is 4.74 Å². The summed E-state index contributed by atoms with van der Waals surface area (Å²) in [5.74, 6) is 0.917. The second kappa shape index (κ2) is 4.17. The van der Waals surface area contributed by atoms with E-state index in [0.717, 1.165) is 23.1 Å². The van der Waals surface area contributed by atoms with Crippen molar-refractivity contribution in [3.8, 4) is 5.75 Å². The van der Waals surface area contributed by atoms with Crippen LogP contribution in [0.5, 0.6) is 5.75 Å². The smallest absolute Gasteiger partial charge is 0.134 e. The normalized spacial score (nSPS) is 24.1. The summed E-state index contributed by atoms with van der Waals surface area (Å²) in [7, 11) is 0. The minimum Gasteiger partial charge on any atom is -0.489 e. The van der Waals surface area contributed by atoms with Gasteiger partial charge >= 0.3 is 0 Å². The molecule has 1 fully saturated rings. The van der Waals surface area contributed by atoms with Crippen LogP contribution in [0.1, 0.15) is 33.1 Å². The zero-order chi connectivity index (χ0) is 10.9. The Morgan fingerprint density at radius 3 is 2.93 bits per heavy atom. The van der Waals surface area contributed by atoms with E-state index in [1.54, 1.807) is 0 Å². The number of ether oxygens (including phenoxy) is 1. The van der Waals surface area contributed by atoms with Gasteiger partial charge < -0.3 is 4.74 Å². The van der Waals surface area contributed by atoms with Crippen LogP contribution in [0, 0.1) is 11.5 Å². The fourth-order valence-corrected chi connectivity index (χ4v) is 2.48. The van der Waals surface area contributed by atoms with Crippen LogP contribution in [0.25, 0.3) is 0 Å². The Bertz CT molecular complexity index is 346. The fourth-order valence-electron chi connectivity index (χ4n) is 2.14. The zero-order valence-corrected chi connectivity index (χ0v) is 10.8. The largest absolute Gasteiger partial charge is 0.489 e. The van der Waals surface area contributed by atoms with E-state index in [-0.39, 0.29) is 0 Å². The molecule has 1 aliphatic rings. The van der Waals surface area contributed by atoms with Gasteiger partial charge in [0.25, 0.3) is 0 Å². The van der Waals surface area contributed by atoms with Gasteiger partial charge in [-0.1, -0.05) is 19.9 Å². The predicted octanol–water partition coefficient (Wildman–Crippen LogP) is 4.21. The van der Waals surface area contributed by atoms with Crippen molar-refractivity contribution in [2.45, 2.75) is 39.2 Å². The number of benzene rings is 1. The quantitative estimate of drug-likeness (QED) is 0.780. The van der Waals surface area contributed by atoms with Gasteiger partial charge in [-0.15, -0.1) is 0 Å². The highest BCUT2D eigenvalue weighted by molar-refractivity contribution is 9.10. The average molecular weight is 268 g/mol. The van der Waals surface area contributed by atoms with Crippen molar-refractivity contribution in [2.24, 2.45) is 5.41 Å². The van der Waals surface area contributed by atoms with Crippen molar-refractivity contribution >= 4 is 15.9 Å². The molecule has 0 aromatic heterocycles. The Hall–Kier alpha value is -0.500. The molecule has 0 N–H and O–H groups in total. The van der Waals surface area contributed by atoms with Crippen LogP contribution < -0.4 is 4.74 Å². The summed E-state index contributed by atoms with van der Waals surface area (Å²) >= 11 is 3.49. The standard InChI is InChI=1S/C13H16BrO/c1-13(2)8-7-10(9-13)15-12-6-4-3-5-11(12)14/h3,5-6,10H,7-9H2,1-2H3. The molecule has 1 atom stereocenters. The lowest BCUT2D eigenvalue weighted by Crippen LogP contribution is -2.14. The summed E-state index contributed by atoms with van der Waals surface area (Å²) in [6, 6.07) is 8.79. The van der Waals surface area contributed by atoms with E-state index in [1.807, 2.05) is 18.2 Å². The van der Waals surface area contributed by atoms with Gasteiger partial charge in [-0.2, -0.15) is 0 Å². The lowest BCUT2D eigenvalue weighted by molar-refractivity contribution is 0.192. The van der Waals surface area contributed by atoms with E-state index in [1.165, 1.54) is 6.42 Å². The molecule has 1 saturated carbocycles. The second-order valence-corrected chi connectivity index (χ2v) is 5.86. The molecule has 0 aliphatic heterocycles. The molecule has 2 rings (SSSR count). The Kier molecular flexibility index (Phi) is 3.06. The minimum atomic E-state index is 0.368. The highest BCUT2D eigenvalue weighted by Crippen LogP contribution is 2.39. The van der Waals surface area contributed by atoms with Crippen LogP contribution in [0.2, 0.25) is 0 Å². The molecule has 1 nitrogen and oxygen atoms in total. The molecule has 15 heavy (non-hydrogen) atoms. The molecule has 2 heteroatoms. The Balaban J connectivity index is 2.02. The Morgan fingerprint density at radius 2 is 2.33 bits per heavy atom. The molecular weight excluding hydrogens is 252 g/mol. The zero-order valence-electron chi connectivity index (χ0n) is 9.22. The molecule has 0 bridgehead atoms. The lowest BCUT2D eigenvalue weighted by Gasteiger charge is -2.18. The first-order chi connectivity index (χ1) is 7.07. The van der Waals surface area contributed by atoms with Crippen molar-refractivity contribution in [2.75, 3.05) is 0 Å². The summed E-state index contributed by atoms with van der Waals surface area (Å²) in [6.45, 7) is 4.62. The maximum Gasteiger partial charge on any atom is 0.134 e. The van der Waals surface area contributed by atoms with Gasteiger partial charge in [-0.05, 0) is 58.8 Å². The molecule has 0 spiro atoms. The Morgan fingerprint density at radius 1 is 1.53 bits per heavy atom. The number of hydrogen-bond acceptors (Lipinski definition) is 1. The van der Waals surface area contributed by atoms with Crippen LogP contribution >= 0.6 is 15.9 Å². The van der Waals surface area contributed by atoms with Crippen molar-refractivity contribution in [1.82, 2.24) is 0 Å². The molecule has 0 amide bonds. The maximum atomic E-state index is 5.96. The first kappa shape index (κ1) is 11.0. The van der Waals surface area contributed by atoms with Crippen molar-refractivity contribution < 1.29 is 4.74 Å². The van der Waals surface area contributed by atoms with Gasteiger partial charge in [-0.25, -0.2) is 0 Å². The number of hydrogen-bond donors (Lipinski definition) is 0. The van der Waals surface area contributed by atoms with Crippen molar-refractivity contribution in [3.05, 3.63) is 28.7 Å². The fraction of sp³-hybridized carbons (Fsp3) is 0.538. The van der Waals surface area contributed by atoms with E-state index < -0.39 is 0 Å². The van der Waals surface area contributed by atoms with Crippen LogP contribution in [-0.4, -0.2) is 6.10 Å². The number of halogens is 1. The summed E-state index contributed by atoms with van der Waals surface area (Å²) in [5.41, 5.74) is 0.440. The molecule has 1 aromatic carbocycles. The first-order valence-electron chi connectivity index (χ1n) is 5.39. The van der Waals surface area contributed by atoms with E-state index >= 15 is 0 Å².